The first-order valence-electron chi connectivity index (χ1n) is 7.27. The molecule has 0 atom stereocenters. The number of carbonyl (C=O) groups excluding carboxylic acids is 2. The topological polar surface area (TPSA) is 58.2 Å². The van der Waals surface area contributed by atoms with E-state index in [-0.39, 0.29) is 11.8 Å². The van der Waals surface area contributed by atoms with Crippen LogP contribution in [-0.2, 0) is 6.42 Å². The normalized spacial score (nSPS) is 10.1. The molecule has 2 rings (SSSR count). The molecule has 2 amide bonds. The molecule has 0 aliphatic carbocycles. The molecule has 2 aromatic carbocycles. The minimum atomic E-state index is -0.333. The number of benzene rings is 2. The van der Waals surface area contributed by atoms with E-state index in [0.29, 0.717) is 11.1 Å². The zero-order chi connectivity index (χ0) is 16.1. The van der Waals surface area contributed by atoms with Crippen molar-refractivity contribution in [1.82, 2.24) is 10.9 Å². The van der Waals surface area contributed by atoms with Crippen molar-refractivity contribution in [2.75, 3.05) is 0 Å². The molecule has 0 unspecified atom stereocenters. The van der Waals surface area contributed by atoms with Gasteiger partial charge in [0.15, 0.2) is 0 Å². The Morgan fingerprint density at radius 3 is 1.82 bits per heavy atom. The van der Waals surface area contributed by atoms with Crippen LogP contribution in [0.15, 0.2) is 42.5 Å². The molecule has 2 N–H and O–H groups in total. The highest BCUT2D eigenvalue weighted by molar-refractivity contribution is 5.99. The first-order chi connectivity index (χ1) is 10.5. The second-order valence-electron chi connectivity index (χ2n) is 5.34. The van der Waals surface area contributed by atoms with Crippen molar-refractivity contribution < 1.29 is 9.59 Å². The number of hydrazine groups is 1. The van der Waals surface area contributed by atoms with Gasteiger partial charge in [-0.25, -0.2) is 0 Å². The largest absolute Gasteiger partial charge is 0.269 e. The van der Waals surface area contributed by atoms with Gasteiger partial charge in [0.2, 0.25) is 0 Å². The van der Waals surface area contributed by atoms with Gasteiger partial charge in [-0.1, -0.05) is 36.2 Å². The molecule has 0 saturated carbocycles. The summed E-state index contributed by atoms with van der Waals surface area (Å²) in [7, 11) is 0. The van der Waals surface area contributed by atoms with E-state index in [9.17, 15) is 9.59 Å². The van der Waals surface area contributed by atoms with E-state index in [0.717, 1.165) is 23.1 Å². The molecule has 22 heavy (non-hydrogen) atoms. The average molecular weight is 296 g/mol. The van der Waals surface area contributed by atoms with Gasteiger partial charge >= 0.3 is 0 Å². The van der Waals surface area contributed by atoms with Gasteiger partial charge in [0, 0.05) is 11.1 Å². The van der Waals surface area contributed by atoms with E-state index in [4.69, 9.17) is 0 Å². The van der Waals surface area contributed by atoms with Crippen molar-refractivity contribution in [1.29, 1.82) is 0 Å². The fourth-order valence-corrected chi connectivity index (χ4v) is 2.26. The van der Waals surface area contributed by atoms with E-state index < -0.39 is 0 Å². The number of carbonyl (C=O) groups is 2. The summed E-state index contributed by atoms with van der Waals surface area (Å²) in [5, 5.41) is 0. The molecule has 0 bridgehead atoms. The fraction of sp³-hybridized carbons (Fsp3) is 0.222. The summed E-state index contributed by atoms with van der Waals surface area (Å²) in [5.41, 5.74) is 9.09. The number of hydrogen-bond acceptors (Lipinski definition) is 2. The lowest BCUT2D eigenvalue weighted by molar-refractivity contribution is 0.0846. The molecular weight excluding hydrogens is 276 g/mol. The van der Waals surface area contributed by atoms with Crippen LogP contribution < -0.4 is 10.9 Å². The standard InChI is InChI=1S/C18H20N2O2/c1-4-14-5-7-15(8-6-14)17(21)19-20-18(22)16-10-12(2)9-13(3)11-16/h5-11H,4H2,1-3H3,(H,19,21)(H,20,22). The van der Waals surface area contributed by atoms with Gasteiger partial charge in [0.25, 0.3) is 11.8 Å². The van der Waals surface area contributed by atoms with Crippen molar-refractivity contribution in [2.24, 2.45) is 0 Å². The highest BCUT2D eigenvalue weighted by Gasteiger charge is 2.09. The number of amides is 2. The molecule has 0 radical (unpaired) electrons. The van der Waals surface area contributed by atoms with Crippen molar-refractivity contribution >= 4 is 11.8 Å². The van der Waals surface area contributed by atoms with Crippen LogP contribution in [0.1, 0.15) is 44.3 Å². The van der Waals surface area contributed by atoms with Gasteiger partial charge in [0.05, 0.1) is 0 Å². The van der Waals surface area contributed by atoms with Crippen molar-refractivity contribution in [3.05, 3.63) is 70.3 Å². The summed E-state index contributed by atoms with van der Waals surface area (Å²) in [6.07, 6.45) is 0.922. The molecule has 114 valence electrons. The van der Waals surface area contributed by atoms with E-state index in [2.05, 4.69) is 17.8 Å². The van der Waals surface area contributed by atoms with Crippen LogP contribution in [0, 0.1) is 13.8 Å². The molecule has 0 saturated heterocycles. The Morgan fingerprint density at radius 1 is 0.818 bits per heavy atom. The van der Waals surface area contributed by atoms with Crippen molar-refractivity contribution in [3.63, 3.8) is 0 Å². The van der Waals surface area contributed by atoms with Gasteiger partial charge in [-0.15, -0.1) is 0 Å². The highest BCUT2D eigenvalue weighted by Crippen LogP contribution is 2.08. The summed E-state index contributed by atoms with van der Waals surface area (Å²) >= 11 is 0. The smallest absolute Gasteiger partial charge is 0.267 e. The summed E-state index contributed by atoms with van der Waals surface area (Å²) in [5.74, 6) is -0.661. The molecule has 0 aliphatic heterocycles. The highest BCUT2D eigenvalue weighted by atomic mass is 16.2. The summed E-state index contributed by atoms with van der Waals surface area (Å²) in [6, 6.07) is 12.9. The van der Waals surface area contributed by atoms with E-state index in [1.54, 1.807) is 24.3 Å². The number of aryl methyl sites for hydroxylation is 3. The van der Waals surface area contributed by atoms with Gasteiger partial charge < -0.3 is 0 Å². The lowest BCUT2D eigenvalue weighted by Gasteiger charge is -2.09. The quantitative estimate of drug-likeness (QED) is 0.856. The summed E-state index contributed by atoms with van der Waals surface area (Å²) in [4.78, 5) is 24.0. The van der Waals surface area contributed by atoms with Gasteiger partial charge in [-0.05, 0) is 50.1 Å². The van der Waals surface area contributed by atoms with Crippen LogP contribution in [-0.4, -0.2) is 11.8 Å². The zero-order valence-electron chi connectivity index (χ0n) is 13.1. The minimum absolute atomic E-state index is 0.328. The van der Waals surface area contributed by atoms with Crippen LogP contribution >= 0.6 is 0 Å². The molecule has 4 heteroatoms. The fourth-order valence-electron chi connectivity index (χ4n) is 2.26. The molecule has 0 aromatic heterocycles. The Kier molecular flexibility index (Phi) is 4.94. The second kappa shape index (κ2) is 6.89. The number of nitrogens with one attached hydrogen (secondary N) is 2. The molecular formula is C18H20N2O2. The van der Waals surface area contributed by atoms with Gasteiger partial charge in [0.1, 0.15) is 0 Å². The Hall–Kier alpha value is -2.62. The van der Waals surface area contributed by atoms with Crippen LogP contribution in [0.5, 0.6) is 0 Å². The Labute approximate surface area is 130 Å². The minimum Gasteiger partial charge on any atom is -0.267 e. The summed E-state index contributed by atoms with van der Waals surface area (Å²) in [6.45, 7) is 5.91. The Morgan fingerprint density at radius 2 is 1.32 bits per heavy atom. The maximum atomic E-state index is 12.1. The molecule has 0 aliphatic rings. The van der Waals surface area contributed by atoms with Crippen LogP contribution in [0.3, 0.4) is 0 Å². The Balaban J connectivity index is 1.99. The lowest BCUT2D eigenvalue weighted by atomic mass is 10.1. The van der Waals surface area contributed by atoms with Crippen molar-refractivity contribution in [2.45, 2.75) is 27.2 Å². The van der Waals surface area contributed by atoms with E-state index in [1.807, 2.05) is 32.0 Å². The average Bonchev–Trinajstić information content (AvgIpc) is 2.51. The third-order valence-electron chi connectivity index (χ3n) is 3.40. The first kappa shape index (κ1) is 15.8. The third kappa shape index (κ3) is 3.95. The van der Waals surface area contributed by atoms with Crippen molar-refractivity contribution in [3.8, 4) is 0 Å². The third-order valence-corrected chi connectivity index (χ3v) is 3.40. The van der Waals surface area contributed by atoms with Crippen LogP contribution in [0.4, 0.5) is 0 Å². The molecule has 2 aromatic rings. The second-order valence-corrected chi connectivity index (χ2v) is 5.34. The van der Waals surface area contributed by atoms with Gasteiger partial charge in [-0.3, -0.25) is 20.4 Å². The summed E-state index contributed by atoms with van der Waals surface area (Å²) < 4.78 is 0. The predicted molar refractivity (Wildman–Crippen MR) is 86.7 cm³/mol. The lowest BCUT2D eigenvalue weighted by Crippen LogP contribution is -2.41. The Bertz CT molecular complexity index is 670. The number of rotatable bonds is 3. The van der Waals surface area contributed by atoms with Gasteiger partial charge in [-0.2, -0.15) is 0 Å². The molecule has 0 spiro atoms. The molecule has 4 nitrogen and oxygen atoms in total. The van der Waals surface area contributed by atoms with E-state index >= 15 is 0 Å². The van der Waals surface area contributed by atoms with E-state index in [1.165, 1.54) is 0 Å². The first-order valence-corrected chi connectivity index (χ1v) is 7.27. The number of hydrogen-bond donors (Lipinski definition) is 2. The van der Waals surface area contributed by atoms with Crippen LogP contribution in [0.2, 0.25) is 0 Å². The maximum absolute atomic E-state index is 12.1. The molecule has 0 fully saturated rings. The SMILES string of the molecule is CCc1ccc(C(=O)NNC(=O)c2cc(C)cc(C)c2)cc1. The predicted octanol–water partition coefficient (Wildman–Crippen LogP) is 2.94. The maximum Gasteiger partial charge on any atom is 0.269 e. The van der Waals surface area contributed by atoms with Crippen LogP contribution in [0.25, 0.3) is 0 Å². The zero-order valence-corrected chi connectivity index (χ0v) is 13.1. The molecule has 0 heterocycles. The monoisotopic (exact) mass is 296 g/mol.